The van der Waals surface area contributed by atoms with Gasteiger partial charge in [0.05, 0.1) is 19.8 Å². The number of fused-ring (bicyclic) bond motifs is 1. The van der Waals surface area contributed by atoms with E-state index in [0.717, 1.165) is 43.5 Å². The molecule has 1 amide bonds. The number of piperidine rings is 1. The third kappa shape index (κ3) is 3.15. The highest BCUT2D eigenvalue weighted by atomic mass is 16.5. The maximum atomic E-state index is 13.5. The number of carbonyl (C=O) groups is 1. The zero-order valence-corrected chi connectivity index (χ0v) is 16.2. The summed E-state index contributed by atoms with van der Waals surface area (Å²) >= 11 is 0. The third-order valence-corrected chi connectivity index (χ3v) is 6.37. The molecule has 1 N–H and O–H groups in total. The van der Waals surface area contributed by atoms with E-state index < -0.39 is 0 Å². The Labute approximate surface area is 159 Å². The molecule has 0 saturated carbocycles. The first-order chi connectivity index (χ1) is 13.0. The quantitative estimate of drug-likeness (QED) is 0.809. The van der Waals surface area contributed by atoms with Gasteiger partial charge in [-0.25, -0.2) is 0 Å². The van der Waals surface area contributed by atoms with Gasteiger partial charge in [0.1, 0.15) is 5.56 Å². The van der Waals surface area contributed by atoms with Gasteiger partial charge < -0.3 is 19.4 Å². The molecule has 0 aromatic carbocycles. The highest BCUT2D eigenvalue weighted by Gasteiger charge is 2.50. The zero-order chi connectivity index (χ0) is 19.0. The number of hydrogen-bond acceptors (Lipinski definition) is 4. The van der Waals surface area contributed by atoms with Crippen LogP contribution in [0.3, 0.4) is 0 Å². The van der Waals surface area contributed by atoms with Crippen LogP contribution < -0.4 is 5.56 Å². The van der Waals surface area contributed by atoms with Crippen molar-refractivity contribution in [1.82, 2.24) is 9.88 Å². The number of pyridine rings is 1. The van der Waals surface area contributed by atoms with Gasteiger partial charge in [-0.2, -0.15) is 0 Å². The summed E-state index contributed by atoms with van der Waals surface area (Å²) in [7, 11) is 0. The van der Waals surface area contributed by atoms with Crippen LogP contribution in [0.25, 0.3) is 0 Å². The Morgan fingerprint density at radius 2 is 2.15 bits per heavy atom. The number of aromatic amines is 1. The van der Waals surface area contributed by atoms with Crippen LogP contribution in [0.15, 0.2) is 22.5 Å². The van der Waals surface area contributed by atoms with E-state index in [1.807, 2.05) is 24.8 Å². The topological polar surface area (TPSA) is 71.6 Å². The molecule has 2 fully saturated rings. The van der Waals surface area contributed by atoms with Crippen LogP contribution in [-0.4, -0.2) is 54.8 Å². The van der Waals surface area contributed by atoms with Gasteiger partial charge in [-0.05, 0) is 51.2 Å². The molecule has 6 nitrogen and oxygen atoms in total. The third-order valence-electron chi connectivity index (χ3n) is 6.37. The minimum absolute atomic E-state index is 0.0805. The highest BCUT2D eigenvalue weighted by molar-refractivity contribution is 5.95. The van der Waals surface area contributed by atoms with E-state index in [2.05, 4.69) is 11.1 Å². The summed E-state index contributed by atoms with van der Waals surface area (Å²) in [5.41, 5.74) is 2.75. The summed E-state index contributed by atoms with van der Waals surface area (Å²) in [5.74, 6) is -0.141. The normalized spacial score (nSPS) is 28.4. The van der Waals surface area contributed by atoms with Crippen molar-refractivity contribution in [2.45, 2.75) is 45.6 Å². The largest absolute Gasteiger partial charge is 0.380 e. The lowest BCUT2D eigenvalue weighted by Crippen LogP contribution is -2.60. The number of nitrogens with zero attached hydrogens (tertiary/aromatic N) is 1. The van der Waals surface area contributed by atoms with Crippen molar-refractivity contribution >= 4 is 5.91 Å². The first-order valence-electron chi connectivity index (χ1n) is 9.89. The van der Waals surface area contributed by atoms with Crippen LogP contribution >= 0.6 is 0 Å². The van der Waals surface area contributed by atoms with Gasteiger partial charge in [0.15, 0.2) is 0 Å². The molecule has 3 aliphatic heterocycles. The van der Waals surface area contributed by atoms with E-state index >= 15 is 0 Å². The number of nitrogens with one attached hydrogen (secondary N) is 1. The molecule has 146 valence electrons. The molecular formula is C21H28N2O4. The van der Waals surface area contributed by atoms with Gasteiger partial charge in [0.25, 0.3) is 11.5 Å². The second kappa shape index (κ2) is 7.24. The van der Waals surface area contributed by atoms with E-state index in [1.165, 1.54) is 5.57 Å². The second-order valence-electron chi connectivity index (χ2n) is 8.01. The smallest absolute Gasteiger partial charge is 0.261 e. The van der Waals surface area contributed by atoms with Crippen molar-refractivity contribution in [1.29, 1.82) is 0 Å². The molecule has 2 atom stereocenters. The van der Waals surface area contributed by atoms with Crippen LogP contribution in [-0.2, 0) is 9.47 Å². The van der Waals surface area contributed by atoms with E-state index in [0.29, 0.717) is 26.4 Å². The highest BCUT2D eigenvalue weighted by Crippen LogP contribution is 2.48. The number of ether oxygens (including phenoxy) is 2. The Hall–Kier alpha value is -1.92. The number of H-pyrrole nitrogens is 1. The van der Waals surface area contributed by atoms with Crippen molar-refractivity contribution < 1.29 is 14.3 Å². The minimum Gasteiger partial charge on any atom is -0.380 e. The Morgan fingerprint density at radius 3 is 2.89 bits per heavy atom. The van der Waals surface area contributed by atoms with E-state index in [1.54, 1.807) is 0 Å². The SMILES string of the molecule is Cc1cc(C)c(C(=O)N2CCC[C@@]3(C4=CCOCC4)COCC[C@H]23)c(=O)[nH]1. The fraction of sp³-hybridized carbons (Fsp3) is 0.619. The molecule has 3 aliphatic rings. The number of amides is 1. The molecule has 0 bridgehead atoms. The fourth-order valence-corrected chi connectivity index (χ4v) is 5.19. The minimum atomic E-state index is -0.286. The number of carbonyl (C=O) groups excluding carboxylic acids is 1. The molecule has 0 spiro atoms. The van der Waals surface area contributed by atoms with Crippen LogP contribution in [0.4, 0.5) is 0 Å². The molecule has 1 aromatic rings. The van der Waals surface area contributed by atoms with E-state index in [9.17, 15) is 9.59 Å². The number of aryl methyl sites for hydroxylation is 2. The Morgan fingerprint density at radius 1 is 1.30 bits per heavy atom. The summed E-state index contributed by atoms with van der Waals surface area (Å²) < 4.78 is 11.4. The van der Waals surface area contributed by atoms with Crippen LogP contribution in [0.1, 0.15) is 47.3 Å². The molecule has 1 aromatic heterocycles. The van der Waals surface area contributed by atoms with E-state index in [4.69, 9.17) is 9.47 Å². The number of rotatable bonds is 2. The predicted molar refractivity (Wildman–Crippen MR) is 102 cm³/mol. The van der Waals surface area contributed by atoms with Crippen LogP contribution in [0, 0.1) is 19.3 Å². The van der Waals surface area contributed by atoms with Gasteiger partial charge in [-0.3, -0.25) is 9.59 Å². The zero-order valence-electron chi connectivity index (χ0n) is 16.2. The Bertz CT molecular complexity index is 824. The molecule has 0 unspecified atom stereocenters. The maximum Gasteiger partial charge on any atom is 0.261 e. The van der Waals surface area contributed by atoms with Crippen molar-refractivity contribution in [3.63, 3.8) is 0 Å². The number of hydrogen-bond donors (Lipinski definition) is 1. The van der Waals surface area contributed by atoms with Crippen LogP contribution in [0.5, 0.6) is 0 Å². The average Bonchev–Trinajstić information content (AvgIpc) is 2.67. The van der Waals surface area contributed by atoms with Crippen molar-refractivity contribution in [3.05, 3.63) is 44.9 Å². The van der Waals surface area contributed by atoms with Gasteiger partial charge in [0.2, 0.25) is 0 Å². The lowest BCUT2D eigenvalue weighted by molar-refractivity contribution is -0.0739. The fourth-order valence-electron chi connectivity index (χ4n) is 5.19. The summed E-state index contributed by atoms with van der Waals surface area (Å²) in [4.78, 5) is 30.7. The first kappa shape index (κ1) is 18.4. The van der Waals surface area contributed by atoms with Crippen molar-refractivity contribution in [3.8, 4) is 0 Å². The van der Waals surface area contributed by atoms with Crippen molar-refractivity contribution in [2.75, 3.05) is 33.0 Å². The van der Waals surface area contributed by atoms with Crippen molar-refractivity contribution in [2.24, 2.45) is 5.41 Å². The molecule has 2 saturated heterocycles. The van der Waals surface area contributed by atoms with Gasteiger partial charge in [0, 0.05) is 30.3 Å². The Kier molecular flexibility index (Phi) is 4.95. The predicted octanol–water partition coefficient (Wildman–Crippen LogP) is 2.35. The molecule has 0 radical (unpaired) electrons. The number of aromatic nitrogens is 1. The summed E-state index contributed by atoms with van der Waals surface area (Å²) in [6.07, 6.45) is 5.84. The molecule has 0 aliphatic carbocycles. The Balaban J connectivity index is 1.72. The molecule has 4 heterocycles. The lowest BCUT2D eigenvalue weighted by atomic mass is 9.65. The van der Waals surface area contributed by atoms with E-state index in [-0.39, 0.29) is 28.5 Å². The first-order valence-corrected chi connectivity index (χ1v) is 9.89. The second-order valence-corrected chi connectivity index (χ2v) is 8.01. The molecule has 27 heavy (non-hydrogen) atoms. The van der Waals surface area contributed by atoms with Gasteiger partial charge in [-0.15, -0.1) is 0 Å². The molecular weight excluding hydrogens is 344 g/mol. The molecule has 4 rings (SSSR count). The van der Waals surface area contributed by atoms with Gasteiger partial charge in [-0.1, -0.05) is 11.6 Å². The lowest BCUT2D eigenvalue weighted by Gasteiger charge is -2.54. The summed E-state index contributed by atoms with van der Waals surface area (Å²) in [6.45, 7) is 7.04. The standard InChI is InChI=1S/C21H28N2O4/c1-14-12-15(2)22-19(24)18(14)20(25)23-8-3-7-21(13-27-11-6-17(21)23)16-4-9-26-10-5-16/h4,12,17H,3,5-11,13H2,1-2H3,(H,22,24)/t17-,21-/m0/s1. The monoisotopic (exact) mass is 372 g/mol. The van der Waals surface area contributed by atoms with Crippen LogP contribution in [0.2, 0.25) is 0 Å². The average molecular weight is 372 g/mol. The summed E-state index contributed by atoms with van der Waals surface area (Å²) in [5, 5.41) is 0. The molecule has 6 heteroatoms. The van der Waals surface area contributed by atoms with Gasteiger partial charge >= 0.3 is 0 Å². The number of likely N-dealkylation sites (tertiary alicyclic amines) is 1. The maximum absolute atomic E-state index is 13.5. The summed E-state index contributed by atoms with van der Waals surface area (Å²) in [6, 6.07) is 1.95.